The average molecular weight is 360 g/mol. The lowest BCUT2D eigenvalue weighted by atomic mass is 9.88. The number of ether oxygens (including phenoxy) is 1. The van der Waals surface area contributed by atoms with Crippen molar-refractivity contribution >= 4 is 11.8 Å². The molecule has 2 heterocycles. The van der Waals surface area contributed by atoms with Crippen LogP contribution in [-0.4, -0.2) is 66.6 Å². The van der Waals surface area contributed by atoms with Crippen LogP contribution in [0.15, 0.2) is 24.3 Å². The van der Waals surface area contributed by atoms with Gasteiger partial charge in [-0.1, -0.05) is 12.1 Å². The smallest absolute Gasteiger partial charge is 0.248 e. The molecule has 2 aliphatic heterocycles. The molecule has 1 N–H and O–H groups in total. The lowest BCUT2D eigenvalue weighted by molar-refractivity contribution is -0.143. The Labute approximate surface area is 154 Å². The Hall–Kier alpha value is -2.08. The van der Waals surface area contributed by atoms with Gasteiger partial charge in [-0.25, -0.2) is 0 Å². The van der Waals surface area contributed by atoms with Crippen LogP contribution in [0, 0.1) is 5.92 Å². The van der Waals surface area contributed by atoms with E-state index in [0.717, 1.165) is 44.3 Å². The van der Waals surface area contributed by atoms with E-state index in [0.29, 0.717) is 24.8 Å². The van der Waals surface area contributed by atoms with Crippen LogP contribution in [0.2, 0.25) is 0 Å². The Morgan fingerprint density at radius 2 is 1.73 bits per heavy atom. The van der Waals surface area contributed by atoms with Crippen molar-refractivity contribution < 1.29 is 19.4 Å². The SMILES string of the molecule is COCC(=O)N1CCC(C(=O)N2CCC(c3cccc(O)c3)CC2)CC1. The Balaban J connectivity index is 1.48. The Kier molecular flexibility index (Phi) is 6.14. The van der Waals surface area contributed by atoms with E-state index in [-0.39, 0.29) is 24.3 Å². The number of hydrogen-bond donors (Lipinski definition) is 1. The van der Waals surface area contributed by atoms with E-state index in [1.807, 2.05) is 17.0 Å². The van der Waals surface area contributed by atoms with Crippen LogP contribution in [0.4, 0.5) is 0 Å². The van der Waals surface area contributed by atoms with Crippen molar-refractivity contribution in [2.75, 3.05) is 39.9 Å². The summed E-state index contributed by atoms with van der Waals surface area (Å²) in [5.74, 6) is 0.970. The molecule has 0 aromatic heterocycles. The Morgan fingerprint density at radius 1 is 1.08 bits per heavy atom. The first-order valence-corrected chi connectivity index (χ1v) is 9.43. The summed E-state index contributed by atoms with van der Waals surface area (Å²) in [7, 11) is 1.52. The van der Waals surface area contributed by atoms with Crippen LogP contribution in [0.3, 0.4) is 0 Å². The third-order valence-corrected chi connectivity index (χ3v) is 5.61. The molecule has 1 aromatic carbocycles. The molecule has 0 radical (unpaired) electrons. The second kappa shape index (κ2) is 8.54. The quantitative estimate of drug-likeness (QED) is 0.891. The summed E-state index contributed by atoms with van der Waals surface area (Å²) in [5.41, 5.74) is 1.15. The van der Waals surface area contributed by atoms with E-state index in [4.69, 9.17) is 4.74 Å². The number of hydrogen-bond acceptors (Lipinski definition) is 4. The number of carbonyl (C=O) groups excluding carboxylic acids is 2. The summed E-state index contributed by atoms with van der Waals surface area (Å²) >= 11 is 0. The molecule has 2 amide bonds. The molecule has 1 aromatic rings. The van der Waals surface area contributed by atoms with E-state index in [1.165, 1.54) is 7.11 Å². The first-order chi connectivity index (χ1) is 12.6. The molecular formula is C20H28N2O4. The van der Waals surface area contributed by atoms with Crippen molar-refractivity contribution in [3.63, 3.8) is 0 Å². The van der Waals surface area contributed by atoms with Gasteiger partial charge in [0.15, 0.2) is 0 Å². The minimum atomic E-state index is 0.00493. The van der Waals surface area contributed by atoms with Gasteiger partial charge in [0, 0.05) is 39.2 Å². The highest BCUT2D eigenvalue weighted by molar-refractivity contribution is 5.80. The van der Waals surface area contributed by atoms with Crippen molar-refractivity contribution in [2.24, 2.45) is 5.92 Å². The number of likely N-dealkylation sites (tertiary alicyclic amines) is 2. The lowest BCUT2D eigenvalue weighted by Crippen LogP contribution is -2.47. The summed E-state index contributed by atoms with van der Waals surface area (Å²) in [6.07, 6.45) is 3.34. The van der Waals surface area contributed by atoms with E-state index in [2.05, 4.69) is 6.07 Å². The molecule has 3 rings (SSSR count). The van der Waals surface area contributed by atoms with Crippen molar-refractivity contribution in [3.05, 3.63) is 29.8 Å². The van der Waals surface area contributed by atoms with Crippen molar-refractivity contribution in [2.45, 2.75) is 31.6 Å². The highest BCUT2D eigenvalue weighted by atomic mass is 16.5. The molecule has 0 unspecified atom stereocenters. The van der Waals surface area contributed by atoms with Gasteiger partial charge in [-0.15, -0.1) is 0 Å². The molecule has 6 nitrogen and oxygen atoms in total. The number of phenolic OH excluding ortho intramolecular Hbond substituents is 1. The Morgan fingerprint density at radius 3 is 2.35 bits per heavy atom. The minimum Gasteiger partial charge on any atom is -0.508 e. The third-order valence-electron chi connectivity index (χ3n) is 5.61. The number of aromatic hydroxyl groups is 1. The van der Waals surface area contributed by atoms with Crippen LogP contribution in [-0.2, 0) is 14.3 Å². The standard InChI is InChI=1S/C20H28N2O4/c1-26-14-19(24)21-9-7-16(8-10-21)20(25)22-11-5-15(6-12-22)17-3-2-4-18(23)13-17/h2-4,13,15-16,23H,5-12,14H2,1H3. The molecular weight excluding hydrogens is 332 g/mol. The van der Waals surface area contributed by atoms with Crippen LogP contribution >= 0.6 is 0 Å². The zero-order valence-corrected chi connectivity index (χ0v) is 15.4. The van der Waals surface area contributed by atoms with Gasteiger partial charge >= 0.3 is 0 Å². The topological polar surface area (TPSA) is 70.1 Å². The molecule has 0 spiro atoms. The second-order valence-electron chi connectivity index (χ2n) is 7.28. The monoisotopic (exact) mass is 360 g/mol. The van der Waals surface area contributed by atoms with Crippen molar-refractivity contribution in [1.82, 2.24) is 9.80 Å². The maximum Gasteiger partial charge on any atom is 0.248 e. The summed E-state index contributed by atoms with van der Waals surface area (Å²) < 4.78 is 4.90. The maximum absolute atomic E-state index is 12.8. The molecule has 0 atom stereocenters. The van der Waals surface area contributed by atoms with Gasteiger partial charge < -0.3 is 19.6 Å². The number of carbonyl (C=O) groups is 2. The fourth-order valence-corrected chi connectivity index (χ4v) is 4.06. The first kappa shape index (κ1) is 18.7. The van der Waals surface area contributed by atoms with Crippen molar-refractivity contribution in [3.8, 4) is 5.75 Å². The van der Waals surface area contributed by atoms with Crippen LogP contribution in [0.25, 0.3) is 0 Å². The predicted octanol–water partition coefficient (Wildman–Crippen LogP) is 1.98. The highest BCUT2D eigenvalue weighted by Crippen LogP contribution is 2.31. The number of amides is 2. The summed E-state index contributed by atoms with van der Waals surface area (Å²) in [6, 6.07) is 7.44. The zero-order valence-electron chi connectivity index (χ0n) is 15.4. The predicted molar refractivity (Wildman–Crippen MR) is 97.8 cm³/mol. The van der Waals surface area contributed by atoms with Crippen LogP contribution in [0.5, 0.6) is 5.75 Å². The van der Waals surface area contributed by atoms with Gasteiger partial charge in [-0.05, 0) is 49.3 Å². The molecule has 0 saturated carbocycles. The second-order valence-corrected chi connectivity index (χ2v) is 7.28. The highest BCUT2D eigenvalue weighted by Gasteiger charge is 2.32. The van der Waals surface area contributed by atoms with Gasteiger partial charge in [0.2, 0.25) is 11.8 Å². The lowest BCUT2D eigenvalue weighted by Gasteiger charge is -2.37. The van der Waals surface area contributed by atoms with E-state index in [1.54, 1.807) is 11.0 Å². The molecule has 0 bridgehead atoms. The fraction of sp³-hybridized carbons (Fsp3) is 0.600. The number of rotatable bonds is 4. The number of phenols is 1. The number of piperidine rings is 2. The van der Waals surface area contributed by atoms with Gasteiger partial charge in [-0.2, -0.15) is 0 Å². The van der Waals surface area contributed by atoms with Crippen LogP contribution in [0.1, 0.15) is 37.2 Å². The van der Waals surface area contributed by atoms with Gasteiger partial charge in [-0.3, -0.25) is 9.59 Å². The van der Waals surface area contributed by atoms with E-state index >= 15 is 0 Å². The molecule has 2 saturated heterocycles. The molecule has 6 heteroatoms. The molecule has 2 aliphatic rings. The normalized spacial score (nSPS) is 19.6. The zero-order chi connectivity index (χ0) is 18.5. The van der Waals surface area contributed by atoms with Gasteiger partial charge in [0.1, 0.15) is 12.4 Å². The van der Waals surface area contributed by atoms with Crippen molar-refractivity contribution in [1.29, 1.82) is 0 Å². The molecule has 2 fully saturated rings. The Bertz CT molecular complexity index is 632. The minimum absolute atomic E-state index is 0.00493. The van der Waals surface area contributed by atoms with Gasteiger partial charge in [0.25, 0.3) is 0 Å². The average Bonchev–Trinajstić information content (AvgIpc) is 2.68. The molecule has 142 valence electrons. The summed E-state index contributed by atoms with van der Waals surface area (Å²) in [5, 5.41) is 9.65. The van der Waals surface area contributed by atoms with E-state index < -0.39 is 0 Å². The molecule has 0 aliphatic carbocycles. The van der Waals surface area contributed by atoms with Gasteiger partial charge in [0.05, 0.1) is 0 Å². The van der Waals surface area contributed by atoms with Crippen LogP contribution < -0.4 is 0 Å². The number of methoxy groups -OCH3 is 1. The number of benzene rings is 1. The number of nitrogens with zero attached hydrogens (tertiary/aromatic N) is 2. The van der Waals surface area contributed by atoms with E-state index in [9.17, 15) is 14.7 Å². The third kappa shape index (κ3) is 4.36. The first-order valence-electron chi connectivity index (χ1n) is 9.43. The maximum atomic E-state index is 12.8. The largest absolute Gasteiger partial charge is 0.508 e. The fourth-order valence-electron chi connectivity index (χ4n) is 4.06. The summed E-state index contributed by atoms with van der Waals surface area (Å²) in [6.45, 7) is 2.92. The summed E-state index contributed by atoms with van der Waals surface area (Å²) in [4.78, 5) is 28.4. The molecule has 26 heavy (non-hydrogen) atoms.